The molecular weight excluding hydrogens is 248 g/mol. The maximum Gasteiger partial charge on any atom is 0.154 e. The van der Waals surface area contributed by atoms with Gasteiger partial charge in [0, 0.05) is 0 Å². The minimum Gasteiger partial charge on any atom is -0.507 e. The van der Waals surface area contributed by atoms with Crippen molar-refractivity contribution < 1.29 is 9.90 Å². The number of carbonyl (C=O) groups is 1. The molecule has 0 heterocycles. The monoisotopic (exact) mass is 270 g/mol. The summed E-state index contributed by atoms with van der Waals surface area (Å²) < 4.78 is 0. The highest BCUT2D eigenvalue weighted by Gasteiger charge is 2.26. The van der Waals surface area contributed by atoms with Crippen LogP contribution in [0, 0.1) is 5.41 Å². The number of benzene rings is 1. The number of phenolic OH excluding ortho intramolecular Hbond substituents is 1. The second-order valence-corrected chi connectivity index (χ2v) is 6.16. The van der Waals surface area contributed by atoms with E-state index in [1.54, 1.807) is 6.07 Å². The van der Waals surface area contributed by atoms with Crippen molar-refractivity contribution in [2.24, 2.45) is 5.41 Å². The van der Waals surface area contributed by atoms with Gasteiger partial charge < -0.3 is 5.11 Å². The summed E-state index contributed by atoms with van der Waals surface area (Å²) in [4.78, 5) is 11.1. The number of carbonyl (C=O) groups excluding carboxylic acids is 1. The fourth-order valence-electron chi connectivity index (χ4n) is 3.03. The molecule has 1 aliphatic carbocycles. The van der Waals surface area contributed by atoms with E-state index in [4.69, 9.17) is 0 Å². The molecule has 0 bridgehead atoms. The Bertz CT molecular complexity index is 577. The summed E-state index contributed by atoms with van der Waals surface area (Å²) in [5.74, 6) is 0.0377. The van der Waals surface area contributed by atoms with E-state index in [0.29, 0.717) is 11.8 Å². The van der Waals surface area contributed by atoms with Crippen molar-refractivity contribution in [2.75, 3.05) is 0 Å². The molecule has 0 aliphatic heterocycles. The molecule has 1 aliphatic rings. The molecule has 0 saturated heterocycles. The van der Waals surface area contributed by atoms with Crippen LogP contribution >= 0.6 is 0 Å². The molecule has 0 radical (unpaired) electrons. The van der Waals surface area contributed by atoms with Crippen LogP contribution in [0.15, 0.2) is 35.4 Å². The lowest BCUT2D eigenvalue weighted by atomic mass is 9.72. The zero-order valence-corrected chi connectivity index (χ0v) is 12.4. The molecule has 1 N–H and O–H groups in total. The van der Waals surface area contributed by atoms with Crippen LogP contribution in [0.3, 0.4) is 0 Å². The molecule has 1 aromatic rings. The van der Waals surface area contributed by atoms with Crippen LogP contribution in [0.1, 0.15) is 56.0 Å². The number of hydrogen-bond acceptors (Lipinski definition) is 2. The Hall–Kier alpha value is -1.83. The van der Waals surface area contributed by atoms with Gasteiger partial charge in [-0.1, -0.05) is 43.7 Å². The Morgan fingerprint density at radius 3 is 2.65 bits per heavy atom. The van der Waals surface area contributed by atoms with Crippen molar-refractivity contribution >= 4 is 12.4 Å². The van der Waals surface area contributed by atoms with E-state index in [1.807, 2.05) is 12.1 Å². The van der Waals surface area contributed by atoms with Gasteiger partial charge in [-0.3, -0.25) is 4.79 Å². The molecule has 106 valence electrons. The zero-order chi connectivity index (χ0) is 14.8. The summed E-state index contributed by atoms with van der Waals surface area (Å²) in [6, 6.07) is 5.15. The van der Waals surface area contributed by atoms with Gasteiger partial charge in [-0.25, -0.2) is 0 Å². The highest BCUT2D eigenvalue weighted by molar-refractivity contribution is 5.85. The van der Waals surface area contributed by atoms with Crippen molar-refractivity contribution in [3.63, 3.8) is 0 Å². The van der Waals surface area contributed by atoms with Gasteiger partial charge in [0.25, 0.3) is 0 Å². The van der Waals surface area contributed by atoms with Crippen molar-refractivity contribution in [1.29, 1.82) is 0 Å². The number of rotatable bonds is 3. The van der Waals surface area contributed by atoms with Gasteiger partial charge in [-0.05, 0) is 48.8 Å². The second kappa shape index (κ2) is 5.66. The van der Waals surface area contributed by atoms with Crippen LogP contribution in [0.25, 0.3) is 6.08 Å². The Labute approximate surface area is 120 Å². The summed E-state index contributed by atoms with van der Waals surface area (Å²) in [7, 11) is 0. The number of allylic oxidation sites excluding steroid dienone is 3. The molecular formula is C18H22O2. The van der Waals surface area contributed by atoms with Crippen molar-refractivity contribution in [3.8, 4) is 5.75 Å². The first-order valence-corrected chi connectivity index (χ1v) is 7.11. The largest absolute Gasteiger partial charge is 0.507 e. The minimum absolute atomic E-state index is 0.0377. The van der Waals surface area contributed by atoms with Crippen LogP contribution in [0.4, 0.5) is 0 Å². The molecule has 0 amide bonds. The van der Waals surface area contributed by atoms with E-state index in [-0.39, 0.29) is 11.2 Å². The van der Waals surface area contributed by atoms with Gasteiger partial charge in [0.05, 0.1) is 5.56 Å². The quantitative estimate of drug-likeness (QED) is 0.805. The van der Waals surface area contributed by atoms with Gasteiger partial charge in [-0.15, -0.1) is 0 Å². The molecule has 0 atom stereocenters. The normalized spacial score (nSPS) is 18.6. The Balaban J connectivity index is 2.39. The molecule has 0 saturated carbocycles. The SMILES string of the molecule is CC1=C(/C=C/c2cccc(O)c2C=O)C(C)(C)CCC1. The van der Waals surface area contributed by atoms with Gasteiger partial charge in [0.2, 0.25) is 0 Å². The average molecular weight is 270 g/mol. The van der Waals surface area contributed by atoms with Gasteiger partial charge in [0.15, 0.2) is 6.29 Å². The third-order valence-electron chi connectivity index (χ3n) is 4.21. The number of hydrogen-bond donors (Lipinski definition) is 1. The number of aromatic hydroxyl groups is 1. The van der Waals surface area contributed by atoms with Crippen LogP contribution in [0.5, 0.6) is 5.75 Å². The lowest BCUT2D eigenvalue weighted by Gasteiger charge is -2.32. The predicted molar refractivity (Wildman–Crippen MR) is 82.9 cm³/mol. The van der Waals surface area contributed by atoms with Crippen LogP contribution < -0.4 is 0 Å². The van der Waals surface area contributed by atoms with Crippen LogP contribution in [0.2, 0.25) is 0 Å². The fourth-order valence-corrected chi connectivity index (χ4v) is 3.03. The van der Waals surface area contributed by atoms with Crippen LogP contribution in [-0.2, 0) is 0 Å². The zero-order valence-electron chi connectivity index (χ0n) is 12.4. The highest BCUT2D eigenvalue weighted by Crippen LogP contribution is 2.41. The molecule has 20 heavy (non-hydrogen) atoms. The summed E-state index contributed by atoms with van der Waals surface area (Å²) >= 11 is 0. The van der Waals surface area contributed by atoms with Crippen molar-refractivity contribution in [1.82, 2.24) is 0 Å². The predicted octanol–water partition coefficient (Wildman–Crippen LogP) is 4.74. The maximum atomic E-state index is 11.1. The molecule has 2 rings (SSSR count). The molecule has 2 heteroatoms. The van der Waals surface area contributed by atoms with Crippen molar-refractivity contribution in [2.45, 2.75) is 40.0 Å². The molecule has 0 aromatic heterocycles. The average Bonchev–Trinajstić information content (AvgIpc) is 2.37. The third-order valence-corrected chi connectivity index (χ3v) is 4.21. The molecule has 0 spiro atoms. The first-order chi connectivity index (χ1) is 9.45. The molecule has 1 aromatic carbocycles. The molecule has 2 nitrogen and oxygen atoms in total. The lowest BCUT2D eigenvalue weighted by molar-refractivity contribution is 0.112. The molecule has 0 unspecified atom stereocenters. The fraction of sp³-hybridized carbons (Fsp3) is 0.389. The minimum atomic E-state index is 0.0377. The standard InChI is InChI=1S/C18H22O2/c1-13-6-5-11-18(2,3)16(13)10-9-14-7-4-8-17(20)15(14)12-19/h4,7-10,12,20H,5-6,11H2,1-3H3/b10-9+. The maximum absolute atomic E-state index is 11.1. The van der Waals surface area contributed by atoms with E-state index >= 15 is 0 Å². The summed E-state index contributed by atoms with van der Waals surface area (Å²) in [5.41, 5.74) is 4.07. The van der Waals surface area contributed by atoms with Crippen LogP contribution in [-0.4, -0.2) is 11.4 Å². The van der Waals surface area contributed by atoms with Gasteiger partial charge in [0.1, 0.15) is 5.75 Å². The highest BCUT2D eigenvalue weighted by atomic mass is 16.3. The Kier molecular flexibility index (Phi) is 4.12. The smallest absolute Gasteiger partial charge is 0.154 e. The topological polar surface area (TPSA) is 37.3 Å². The van der Waals surface area contributed by atoms with E-state index in [1.165, 1.54) is 30.1 Å². The summed E-state index contributed by atoms with van der Waals surface area (Å²) in [5, 5.41) is 9.71. The van der Waals surface area contributed by atoms with Gasteiger partial charge in [-0.2, -0.15) is 0 Å². The first-order valence-electron chi connectivity index (χ1n) is 7.11. The summed E-state index contributed by atoms with van der Waals surface area (Å²) in [6.07, 6.45) is 8.32. The van der Waals surface area contributed by atoms with E-state index in [9.17, 15) is 9.90 Å². The van der Waals surface area contributed by atoms with E-state index < -0.39 is 0 Å². The van der Waals surface area contributed by atoms with E-state index in [0.717, 1.165) is 12.0 Å². The first kappa shape index (κ1) is 14.6. The second-order valence-electron chi connectivity index (χ2n) is 6.16. The Morgan fingerprint density at radius 1 is 1.25 bits per heavy atom. The third kappa shape index (κ3) is 2.84. The van der Waals surface area contributed by atoms with Crippen molar-refractivity contribution in [3.05, 3.63) is 46.5 Å². The number of phenols is 1. The summed E-state index contributed by atoms with van der Waals surface area (Å²) in [6.45, 7) is 6.71. The van der Waals surface area contributed by atoms with E-state index in [2.05, 4.69) is 26.8 Å². The van der Waals surface area contributed by atoms with Gasteiger partial charge >= 0.3 is 0 Å². The number of aldehydes is 1. The Morgan fingerprint density at radius 2 is 2.00 bits per heavy atom. The lowest BCUT2D eigenvalue weighted by Crippen LogP contribution is -2.18. The molecule has 0 fully saturated rings.